The minimum atomic E-state index is -0.420. The van der Waals surface area contributed by atoms with Crippen LogP contribution in [0.1, 0.15) is 29.6 Å². The van der Waals surface area contributed by atoms with Gasteiger partial charge in [-0.1, -0.05) is 11.6 Å². The second-order valence-electron chi connectivity index (χ2n) is 7.35. The minimum Gasteiger partial charge on any atom is -0.298 e. The van der Waals surface area contributed by atoms with Crippen molar-refractivity contribution in [1.29, 1.82) is 0 Å². The van der Waals surface area contributed by atoms with Crippen molar-refractivity contribution in [3.63, 3.8) is 0 Å². The maximum absolute atomic E-state index is 13.0. The number of benzene rings is 1. The molecule has 3 fully saturated rings. The number of aromatic nitrogens is 1. The van der Waals surface area contributed by atoms with E-state index in [0.717, 1.165) is 19.3 Å². The van der Waals surface area contributed by atoms with Crippen molar-refractivity contribution in [2.75, 3.05) is 10.2 Å². The first-order valence-electron chi connectivity index (χ1n) is 8.93. The van der Waals surface area contributed by atoms with Gasteiger partial charge < -0.3 is 0 Å². The normalized spacial score (nSPS) is 28.7. The Morgan fingerprint density at radius 2 is 1.89 bits per heavy atom. The maximum atomic E-state index is 13.0. The molecule has 27 heavy (non-hydrogen) atoms. The summed E-state index contributed by atoms with van der Waals surface area (Å²) in [6.07, 6.45) is 4.64. The van der Waals surface area contributed by atoms with Crippen LogP contribution in [0.15, 0.2) is 29.8 Å². The first-order valence-corrected chi connectivity index (χ1v) is 10.2. The summed E-state index contributed by atoms with van der Waals surface area (Å²) in [6, 6.07) is 4.70. The molecule has 0 radical (unpaired) electrons. The lowest BCUT2D eigenvalue weighted by Crippen LogP contribution is -2.33. The molecule has 0 spiro atoms. The first kappa shape index (κ1) is 16.9. The fourth-order valence-corrected chi connectivity index (χ4v) is 5.67. The van der Waals surface area contributed by atoms with Crippen molar-refractivity contribution in [2.24, 2.45) is 23.7 Å². The number of rotatable bonds is 3. The van der Waals surface area contributed by atoms with E-state index in [-0.39, 0.29) is 34.2 Å². The van der Waals surface area contributed by atoms with Gasteiger partial charge in [-0.3, -0.25) is 24.6 Å². The molecule has 1 saturated heterocycles. The Kier molecular flexibility index (Phi) is 3.84. The zero-order chi connectivity index (χ0) is 18.7. The third kappa shape index (κ3) is 2.52. The second-order valence-corrected chi connectivity index (χ2v) is 8.65. The molecule has 138 valence electrons. The van der Waals surface area contributed by atoms with Crippen LogP contribution in [0.4, 0.5) is 10.8 Å². The maximum Gasteiger partial charge on any atom is 0.259 e. The van der Waals surface area contributed by atoms with Gasteiger partial charge in [0.15, 0.2) is 5.13 Å². The minimum absolute atomic E-state index is 0.134. The van der Waals surface area contributed by atoms with E-state index in [1.165, 1.54) is 22.3 Å². The molecule has 3 amide bonds. The van der Waals surface area contributed by atoms with Gasteiger partial charge in [-0.25, -0.2) is 4.98 Å². The van der Waals surface area contributed by atoms with Gasteiger partial charge in [0.2, 0.25) is 11.8 Å². The monoisotopic (exact) mass is 401 g/mol. The summed E-state index contributed by atoms with van der Waals surface area (Å²) in [7, 11) is 0. The highest BCUT2D eigenvalue weighted by molar-refractivity contribution is 7.13. The number of amides is 3. The molecule has 2 bridgehead atoms. The molecule has 2 heterocycles. The third-order valence-electron chi connectivity index (χ3n) is 6.03. The predicted octanol–water partition coefficient (Wildman–Crippen LogP) is 3.58. The van der Waals surface area contributed by atoms with Crippen molar-refractivity contribution < 1.29 is 14.4 Å². The fourth-order valence-electron chi connectivity index (χ4n) is 4.94. The van der Waals surface area contributed by atoms with Gasteiger partial charge in [-0.2, -0.15) is 0 Å². The Hall–Kier alpha value is -2.25. The van der Waals surface area contributed by atoms with E-state index >= 15 is 0 Å². The fraction of sp³-hybridized carbons (Fsp3) is 0.368. The number of carbonyl (C=O) groups is 3. The van der Waals surface area contributed by atoms with Gasteiger partial charge in [0.05, 0.1) is 28.1 Å². The number of imide groups is 1. The van der Waals surface area contributed by atoms with Crippen LogP contribution in [0.5, 0.6) is 0 Å². The number of hydrogen-bond acceptors (Lipinski definition) is 5. The Morgan fingerprint density at radius 1 is 1.19 bits per heavy atom. The Labute approximate surface area is 164 Å². The van der Waals surface area contributed by atoms with E-state index in [4.69, 9.17) is 11.6 Å². The van der Waals surface area contributed by atoms with E-state index in [9.17, 15) is 14.4 Å². The molecule has 1 aliphatic heterocycles. The van der Waals surface area contributed by atoms with Crippen molar-refractivity contribution >= 4 is 51.5 Å². The predicted molar refractivity (Wildman–Crippen MR) is 102 cm³/mol. The number of hydrogen-bond donors (Lipinski definition) is 1. The zero-order valence-corrected chi connectivity index (χ0v) is 15.8. The lowest BCUT2D eigenvalue weighted by molar-refractivity contribution is -0.123. The van der Waals surface area contributed by atoms with Crippen LogP contribution >= 0.6 is 22.9 Å². The molecule has 4 atom stereocenters. The third-order valence-corrected chi connectivity index (χ3v) is 7.05. The number of nitrogens with zero attached hydrogens (tertiary/aromatic N) is 2. The first-order chi connectivity index (χ1) is 13.0. The molecule has 4 unspecified atom stereocenters. The lowest BCUT2D eigenvalue weighted by Gasteiger charge is -2.19. The summed E-state index contributed by atoms with van der Waals surface area (Å²) in [6.45, 7) is 0. The highest BCUT2D eigenvalue weighted by atomic mass is 35.5. The molecule has 1 N–H and O–H groups in total. The van der Waals surface area contributed by atoms with Gasteiger partial charge in [0.25, 0.3) is 5.91 Å². The summed E-state index contributed by atoms with van der Waals surface area (Å²) in [4.78, 5) is 43.8. The number of nitrogens with one attached hydrogen (secondary N) is 1. The highest BCUT2D eigenvalue weighted by Gasteiger charge is 2.61. The van der Waals surface area contributed by atoms with Crippen molar-refractivity contribution in [1.82, 2.24) is 4.98 Å². The highest BCUT2D eigenvalue weighted by Crippen LogP contribution is 2.56. The van der Waals surface area contributed by atoms with E-state index < -0.39 is 5.91 Å². The second kappa shape index (κ2) is 6.14. The molecule has 2 aliphatic carbocycles. The topological polar surface area (TPSA) is 79.4 Å². The number of thiazole rings is 1. The van der Waals surface area contributed by atoms with E-state index in [1.807, 2.05) is 0 Å². The Morgan fingerprint density at radius 3 is 2.52 bits per heavy atom. The molecule has 6 nitrogen and oxygen atoms in total. The number of halogens is 1. The molecule has 1 aromatic carbocycles. The molecule has 1 aromatic heterocycles. The van der Waals surface area contributed by atoms with Gasteiger partial charge in [-0.15, -0.1) is 11.3 Å². The van der Waals surface area contributed by atoms with E-state index in [0.29, 0.717) is 22.7 Å². The average molecular weight is 402 g/mol. The summed E-state index contributed by atoms with van der Waals surface area (Å²) >= 11 is 7.49. The van der Waals surface area contributed by atoms with Crippen LogP contribution in [0.2, 0.25) is 5.02 Å². The standard InChI is InChI=1S/C19H16ClN3O3S/c20-13-4-3-11(8-12(13)16(24)22-19-21-5-6-27-19)23-17(25)14-9-1-2-10(7-9)15(14)18(23)26/h3-6,8-10,14-15H,1-2,7H2,(H,21,22,24). The van der Waals surface area contributed by atoms with Crippen LogP contribution < -0.4 is 10.2 Å². The quantitative estimate of drug-likeness (QED) is 0.797. The van der Waals surface area contributed by atoms with Crippen LogP contribution in [0, 0.1) is 23.7 Å². The SMILES string of the molecule is O=C(Nc1nccs1)c1cc(N2C(=O)C3C4CCC(C4)C3C2=O)ccc1Cl. The lowest BCUT2D eigenvalue weighted by atomic mass is 9.81. The van der Waals surface area contributed by atoms with Gasteiger partial charge in [0.1, 0.15) is 0 Å². The molecule has 3 aliphatic rings. The van der Waals surface area contributed by atoms with Crippen molar-refractivity contribution in [2.45, 2.75) is 19.3 Å². The van der Waals surface area contributed by atoms with Gasteiger partial charge in [0, 0.05) is 11.6 Å². The molecule has 8 heteroatoms. The van der Waals surface area contributed by atoms with Crippen LogP contribution in [-0.2, 0) is 9.59 Å². The molecule has 2 aromatic rings. The summed E-state index contributed by atoms with van der Waals surface area (Å²) in [5, 5.41) is 5.15. The number of carbonyl (C=O) groups excluding carboxylic acids is 3. The molecular formula is C19H16ClN3O3S. The average Bonchev–Trinajstić information content (AvgIpc) is 3.41. The Balaban J connectivity index is 1.47. The largest absolute Gasteiger partial charge is 0.298 e. The molecular weight excluding hydrogens is 386 g/mol. The smallest absolute Gasteiger partial charge is 0.259 e. The Bertz CT molecular complexity index is 933. The van der Waals surface area contributed by atoms with Gasteiger partial charge in [-0.05, 0) is 49.3 Å². The van der Waals surface area contributed by atoms with Crippen LogP contribution in [-0.4, -0.2) is 22.7 Å². The molecule has 5 rings (SSSR count). The number of fused-ring (bicyclic) bond motifs is 5. The summed E-state index contributed by atoms with van der Waals surface area (Å²) in [5.41, 5.74) is 0.623. The van der Waals surface area contributed by atoms with Gasteiger partial charge >= 0.3 is 0 Å². The van der Waals surface area contributed by atoms with Crippen molar-refractivity contribution in [3.05, 3.63) is 40.4 Å². The van der Waals surface area contributed by atoms with Crippen LogP contribution in [0.3, 0.4) is 0 Å². The molecule has 2 saturated carbocycles. The zero-order valence-electron chi connectivity index (χ0n) is 14.2. The van der Waals surface area contributed by atoms with Crippen LogP contribution in [0.25, 0.3) is 0 Å². The summed E-state index contributed by atoms with van der Waals surface area (Å²) in [5.74, 6) is -0.436. The summed E-state index contributed by atoms with van der Waals surface area (Å²) < 4.78 is 0. The van der Waals surface area contributed by atoms with Crippen molar-refractivity contribution in [3.8, 4) is 0 Å². The van der Waals surface area contributed by atoms with E-state index in [2.05, 4.69) is 10.3 Å². The van der Waals surface area contributed by atoms with E-state index in [1.54, 1.807) is 23.7 Å². The number of anilines is 2.